The molecule has 1 aliphatic heterocycles. The third kappa shape index (κ3) is 2.62. The zero-order valence-corrected chi connectivity index (χ0v) is 11.9. The molecule has 1 amide bonds. The summed E-state index contributed by atoms with van der Waals surface area (Å²) in [4.78, 5) is 24.4. The number of carboxylic acids is 1. The Kier molecular flexibility index (Phi) is 3.62. The van der Waals surface area contributed by atoms with Crippen LogP contribution in [0.2, 0.25) is 0 Å². The molecule has 5 nitrogen and oxygen atoms in total. The maximum absolute atomic E-state index is 12.4. The molecule has 3 N–H and O–H groups in total. The minimum atomic E-state index is -1.05. The monoisotopic (exact) mass is 302 g/mol. The zero-order valence-electron chi connectivity index (χ0n) is 11.1. The van der Waals surface area contributed by atoms with Crippen molar-refractivity contribution in [3.8, 4) is 0 Å². The summed E-state index contributed by atoms with van der Waals surface area (Å²) in [5, 5.41) is 16.9. The first-order chi connectivity index (χ1) is 10.2. The number of carboxylic acid groups (broad SMARTS) is 1. The molecule has 0 saturated carbocycles. The number of aliphatic carboxylic acids is 1. The summed E-state index contributed by atoms with van der Waals surface area (Å²) in [5.74, 6) is -1.68. The van der Waals surface area contributed by atoms with Crippen molar-refractivity contribution < 1.29 is 14.7 Å². The van der Waals surface area contributed by atoms with E-state index in [4.69, 9.17) is 0 Å². The van der Waals surface area contributed by atoms with Gasteiger partial charge in [-0.25, -0.2) is 4.79 Å². The maximum atomic E-state index is 12.4. The van der Waals surface area contributed by atoms with Gasteiger partial charge in [0.25, 0.3) is 0 Å². The van der Waals surface area contributed by atoms with E-state index in [1.54, 1.807) is 17.5 Å². The lowest BCUT2D eigenvalue weighted by Gasteiger charge is -2.16. The summed E-state index contributed by atoms with van der Waals surface area (Å²) in [6.45, 7) is 0.488. The molecule has 3 rings (SSSR count). The van der Waals surface area contributed by atoms with E-state index in [2.05, 4.69) is 10.6 Å². The summed E-state index contributed by atoms with van der Waals surface area (Å²) in [6, 6.07) is 10.1. The Labute approximate surface area is 125 Å². The van der Waals surface area contributed by atoms with Crippen LogP contribution in [0.25, 0.3) is 0 Å². The topological polar surface area (TPSA) is 78.4 Å². The van der Waals surface area contributed by atoms with Gasteiger partial charge in [0.15, 0.2) is 6.04 Å². The first-order valence-electron chi connectivity index (χ1n) is 6.56. The van der Waals surface area contributed by atoms with Crippen molar-refractivity contribution in [2.45, 2.75) is 12.0 Å². The quantitative estimate of drug-likeness (QED) is 0.809. The molecule has 0 aliphatic carbocycles. The fraction of sp³-hybridized carbons (Fsp3) is 0.200. The second-order valence-electron chi connectivity index (χ2n) is 4.82. The number of hydrogen-bond donors (Lipinski definition) is 3. The molecule has 0 saturated heterocycles. The summed E-state index contributed by atoms with van der Waals surface area (Å²) >= 11 is 1.32. The molecule has 21 heavy (non-hydrogen) atoms. The predicted octanol–water partition coefficient (Wildman–Crippen LogP) is 2.20. The van der Waals surface area contributed by atoms with Gasteiger partial charge in [0, 0.05) is 17.1 Å². The molecule has 2 atom stereocenters. The van der Waals surface area contributed by atoms with E-state index in [0.717, 1.165) is 11.3 Å². The van der Waals surface area contributed by atoms with Crippen LogP contribution in [0, 0.1) is 0 Å². The summed E-state index contributed by atoms with van der Waals surface area (Å²) in [7, 11) is 0. The van der Waals surface area contributed by atoms with Gasteiger partial charge in [-0.2, -0.15) is 0 Å². The minimum absolute atomic E-state index is 0.270. The van der Waals surface area contributed by atoms with Gasteiger partial charge in [0.05, 0.1) is 5.92 Å². The van der Waals surface area contributed by atoms with Gasteiger partial charge >= 0.3 is 5.97 Å². The van der Waals surface area contributed by atoms with Gasteiger partial charge in [0.1, 0.15) is 0 Å². The lowest BCUT2D eigenvalue weighted by molar-refractivity contribution is -0.142. The molecule has 6 heteroatoms. The van der Waals surface area contributed by atoms with Gasteiger partial charge in [0.2, 0.25) is 5.91 Å². The highest BCUT2D eigenvalue weighted by atomic mass is 32.1. The van der Waals surface area contributed by atoms with Crippen LogP contribution in [0.5, 0.6) is 0 Å². The van der Waals surface area contributed by atoms with Crippen LogP contribution in [-0.2, 0) is 9.59 Å². The third-order valence-corrected chi connectivity index (χ3v) is 4.45. The molecule has 2 heterocycles. The van der Waals surface area contributed by atoms with Crippen molar-refractivity contribution in [2.24, 2.45) is 0 Å². The number of anilines is 1. The second kappa shape index (κ2) is 5.57. The van der Waals surface area contributed by atoms with E-state index < -0.39 is 12.0 Å². The first kappa shape index (κ1) is 13.6. The lowest BCUT2D eigenvalue weighted by Crippen LogP contribution is -2.37. The van der Waals surface area contributed by atoms with Crippen LogP contribution < -0.4 is 10.6 Å². The number of amides is 1. The van der Waals surface area contributed by atoms with E-state index in [0.29, 0.717) is 11.4 Å². The number of benzene rings is 1. The second-order valence-corrected chi connectivity index (χ2v) is 5.80. The maximum Gasteiger partial charge on any atom is 0.331 e. The highest BCUT2D eigenvalue weighted by Crippen LogP contribution is 2.31. The van der Waals surface area contributed by atoms with Crippen molar-refractivity contribution in [3.05, 3.63) is 52.2 Å². The minimum Gasteiger partial charge on any atom is -0.479 e. The molecule has 0 spiro atoms. The SMILES string of the molecule is O=C(NC(C(=O)O)c1cccs1)C1CNc2ccccc21. The van der Waals surface area contributed by atoms with Gasteiger partial charge in [-0.15, -0.1) is 11.3 Å². The van der Waals surface area contributed by atoms with E-state index >= 15 is 0 Å². The molecular formula is C15H14N2O3S. The first-order valence-corrected chi connectivity index (χ1v) is 7.44. The fourth-order valence-corrected chi connectivity index (χ4v) is 3.24. The molecule has 1 aromatic carbocycles. The van der Waals surface area contributed by atoms with E-state index in [1.807, 2.05) is 24.3 Å². The van der Waals surface area contributed by atoms with Crippen molar-refractivity contribution in [3.63, 3.8) is 0 Å². The van der Waals surface area contributed by atoms with Crippen LogP contribution in [0.4, 0.5) is 5.69 Å². The molecule has 0 radical (unpaired) electrons. The summed E-state index contributed by atoms with van der Waals surface area (Å²) in [5.41, 5.74) is 1.84. The van der Waals surface area contributed by atoms with Gasteiger partial charge in [-0.3, -0.25) is 4.79 Å². The average molecular weight is 302 g/mol. The van der Waals surface area contributed by atoms with E-state index in [9.17, 15) is 14.7 Å². The molecule has 2 aromatic rings. The van der Waals surface area contributed by atoms with Crippen molar-refractivity contribution in [1.29, 1.82) is 0 Å². The highest BCUT2D eigenvalue weighted by molar-refractivity contribution is 7.10. The number of rotatable bonds is 4. The Balaban J connectivity index is 1.79. The van der Waals surface area contributed by atoms with Gasteiger partial charge < -0.3 is 15.7 Å². The van der Waals surface area contributed by atoms with Crippen LogP contribution in [0.3, 0.4) is 0 Å². The Morgan fingerprint density at radius 2 is 2.10 bits per heavy atom. The van der Waals surface area contributed by atoms with Crippen LogP contribution >= 0.6 is 11.3 Å². The van der Waals surface area contributed by atoms with Crippen LogP contribution in [-0.4, -0.2) is 23.5 Å². The number of thiophene rings is 1. The van der Waals surface area contributed by atoms with Crippen LogP contribution in [0.15, 0.2) is 41.8 Å². The smallest absolute Gasteiger partial charge is 0.331 e. The average Bonchev–Trinajstić information content (AvgIpc) is 3.13. The Hall–Kier alpha value is -2.34. The molecule has 2 unspecified atom stereocenters. The molecular weight excluding hydrogens is 288 g/mol. The highest BCUT2D eigenvalue weighted by Gasteiger charge is 2.31. The third-order valence-electron chi connectivity index (χ3n) is 3.51. The van der Waals surface area contributed by atoms with Gasteiger partial charge in [-0.05, 0) is 23.1 Å². The zero-order chi connectivity index (χ0) is 14.8. The molecule has 1 aliphatic rings. The molecule has 0 bridgehead atoms. The largest absolute Gasteiger partial charge is 0.479 e. The molecule has 108 valence electrons. The van der Waals surface area contributed by atoms with E-state index in [1.165, 1.54) is 11.3 Å². The number of nitrogens with one attached hydrogen (secondary N) is 2. The van der Waals surface area contributed by atoms with Crippen molar-refractivity contribution in [2.75, 3.05) is 11.9 Å². The lowest BCUT2D eigenvalue weighted by atomic mass is 10.00. The molecule has 0 fully saturated rings. The Bertz CT molecular complexity index is 669. The number of para-hydroxylation sites is 1. The predicted molar refractivity (Wildman–Crippen MR) is 80.5 cm³/mol. The van der Waals surface area contributed by atoms with E-state index in [-0.39, 0.29) is 11.8 Å². The summed E-state index contributed by atoms with van der Waals surface area (Å²) in [6.07, 6.45) is 0. The van der Waals surface area contributed by atoms with Gasteiger partial charge in [-0.1, -0.05) is 24.3 Å². The number of fused-ring (bicyclic) bond motifs is 1. The number of hydrogen-bond acceptors (Lipinski definition) is 4. The standard InChI is InChI=1S/C15H14N2O3S/c18-14(10-8-16-11-5-2-1-4-9(10)11)17-13(15(19)20)12-6-3-7-21-12/h1-7,10,13,16H,8H2,(H,17,18)(H,19,20). The number of carbonyl (C=O) groups is 2. The fourth-order valence-electron chi connectivity index (χ4n) is 2.47. The van der Waals surface area contributed by atoms with Crippen molar-refractivity contribution >= 4 is 28.9 Å². The van der Waals surface area contributed by atoms with Crippen molar-refractivity contribution in [1.82, 2.24) is 5.32 Å². The van der Waals surface area contributed by atoms with Crippen LogP contribution in [0.1, 0.15) is 22.4 Å². The molecule has 1 aromatic heterocycles. The Morgan fingerprint density at radius 3 is 2.81 bits per heavy atom. The summed E-state index contributed by atoms with van der Waals surface area (Å²) < 4.78 is 0. The normalized spacial score (nSPS) is 17.6. The Morgan fingerprint density at radius 1 is 1.29 bits per heavy atom. The number of carbonyl (C=O) groups excluding carboxylic acids is 1.